The Bertz CT molecular complexity index is 819. The Labute approximate surface area is 159 Å². The molecule has 2 fully saturated rings. The number of amides is 3. The molecule has 2 aromatic carbocycles. The van der Waals surface area contributed by atoms with Crippen LogP contribution in [0.4, 0.5) is 10.5 Å². The van der Waals surface area contributed by atoms with E-state index in [0.717, 1.165) is 31.7 Å². The van der Waals surface area contributed by atoms with Crippen molar-refractivity contribution < 1.29 is 9.59 Å². The van der Waals surface area contributed by atoms with Gasteiger partial charge in [-0.3, -0.25) is 9.69 Å². The number of nitrogens with one attached hydrogen (secondary N) is 1. The highest BCUT2D eigenvalue weighted by Gasteiger charge is 2.49. The molecule has 1 N–H and O–H groups in total. The van der Waals surface area contributed by atoms with E-state index in [1.165, 1.54) is 10.6 Å². The van der Waals surface area contributed by atoms with Crippen LogP contribution in [-0.2, 0) is 10.3 Å². The number of benzene rings is 2. The maximum absolute atomic E-state index is 13.0. The number of carbonyl (C=O) groups excluding carboxylic acids is 2. The molecule has 4 rings (SSSR count). The molecule has 2 saturated heterocycles. The normalized spacial score (nSPS) is 23.6. The lowest BCUT2D eigenvalue weighted by Crippen LogP contribution is -2.51. The van der Waals surface area contributed by atoms with E-state index in [9.17, 15) is 9.59 Å². The Morgan fingerprint density at radius 2 is 1.48 bits per heavy atom. The molecule has 2 aromatic rings. The number of para-hydroxylation sites is 1. The van der Waals surface area contributed by atoms with Crippen molar-refractivity contribution in [1.29, 1.82) is 0 Å². The van der Waals surface area contributed by atoms with Crippen LogP contribution in [0, 0.1) is 0 Å². The monoisotopic (exact) mass is 364 g/mol. The number of nitrogens with zero attached hydrogens (tertiary/aromatic N) is 3. The van der Waals surface area contributed by atoms with Crippen LogP contribution >= 0.6 is 0 Å². The molecule has 0 bridgehead atoms. The number of urea groups is 1. The Morgan fingerprint density at radius 1 is 0.889 bits per heavy atom. The van der Waals surface area contributed by atoms with Gasteiger partial charge in [0.2, 0.25) is 0 Å². The largest absolute Gasteiger partial charge is 0.369 e. The minimum absolute atomic E-state index is 0.191. The zero-order valence-electron chi connectivity index (χ0n) is 15.5. The van der Waals surface area contributed by atoms with Crippen molar-refractivity contribution in [3.63, 3.8) is 0 Å². The molecular formula is C21H24N4O2. The summed E-state index contributed by atoms with van der Waals surface area (Å²) in [5, 5.41) is 2.87. The highest BCUT2D eigenvalue weighted by atomic mass is 16.2. The van der Waals surface area contributed by atoms with Gasteiger partial charge in [-0.25, -0.2) is 9.69 Å². The van der Waals surface area contributed by atoms with Crippen LogP contribution in [0.3, 0.4) is 0 Å². The van der Waals surface area contributed by atoms with E-state index in [1.54, 1.807) is 6.92 Å². The van der Waals surface area contributed by atoms with Crippen molar-refractivity contribution in [2.24, 2.45) is 0 Å². The Balaban J connectivity index is 1.40. The highest BCUT2D eigenvalue weighted by molar-refractivity contribution is 6.07. The summed E-state index contributed by atoms with van der Waals surface area (Å²) in [6, 6.07) is 19.4. The van der Waals surface area contributed by atoms with E-state index < -0.39 is 5.54 Å². The Hall–Kier alpha value is -2.86. The highest BCUT2D eigenvalue weighted by Crippen LogP contribution is 2.29. The maximum Gasteiger partial charge on any atom is 0.326 e. The number of hydrogen-bond acceptors (Lipinski definition) is 4. The van der Waals surface area contributed by atoms with Gasteiger partial charge in [0.25, 0.3) is 5.91 Å². The van der Waals surface area contributed by atoms with Crippen molar-refractivity contribution in [3.05, 3.63) is 66.2 Å². The summed E-state index contributed by atoms with van der Waals surface area (Å²) >= 11 is 0. The number of rotatable bonds is 4. The fourth-order valence-corrected chi connectivity index (χ4v) is 3.78. The second-order valence-corrected chi connectivity index (χ2v) is 7.24. The van der Waals surface area contributed by atoms with E-state index in [1.807, 2.05) is 48.5 Å². The summed E-state index contributed by atoms with van der Waals surface area (Å²) in [6.45, 7) is 5.49. The maximum atomic E-state index is 13.0. The Morgan fingerprint density at radius 3 is 2.11 bits per heavy atom. The van der Waals surface area contributed by atoms with Crippen LogP contribution in [0.25, 0.3) is 0 Å². The molecular weight excluding hydrogens is 340 g/mol. The molecule has 140 valence electrons. The first-order valence-corrected chi connectivity index (χ1v) is 9.30. The minimum Gasteiger partial charge on any atom is -0.369 e. The van der Waals surface area contributed by atoms with Gasteiger partial charge in [-0.2, -0.15) is 0 Å². The second-order valence-electron chi connectivity index (χ2n) is 7.24. The molecule has 1 atom stereocenters. The van der Waals surface area contributed by atoms with E-state index in [4.69, 9.17) is 0 Å². The SMILES string of the molecule is C[C@]1(c2ccccc2)NC(=O)N(CN2CCN(c3ccccc3)CC2)C1=O. The van der Waals surface area contributed by atoms with Gasteiger partial charge in [0.05, 0.1) is 6.67 Å². The van der Waals surface area contributed by atoms with Gasteiger partial charge < -0.3 is 10.2 Å². The summed E-state index contributed by atoms with van der Waals surface area (Å²) in [7, 11) is 0. The lowest BCUT2D eigenvalue weighted by atomic mass is 9.92. The number of carbonyl (C=O) groups is 2. The lowest BCUT2D eigenvalue weighted by molar-refractivity contribution is -0.132. The summed E-state index contributed by atoms with van der Waals surface area (Å²) < 4.78 is 0. The summed E-state index contributed by atoms with van der Waals surface area (Å²) in [4.78, 5) is 31.3. The topological polar surface area (TPSA) is 55.9 Å². The molecule has 27 heavy (non-hydrogen) atoms. The van der Waals surface area contributed by atoms with E-state index in [-0.39, 0.29) is 11.9 Å². The molecule has 0 saturated carbocycles. The number of hydrogen-bond donors (Lipinski definition) is 1. The Kier molecular flexibility index (Phi) is 4.58. The van der Waals surface area contributed by atoms with Crippen LogP contribution in [-0.4, -0.2) is 54.6 Å². The van der Waals surface area contributed by atoms with Crippen molar-refractivity contribution >= 4 is 17.6 Å². The van der Waals surface area contributed by atoms with Crippen molar-refractivity contribution in [3.8, 4) is 0 Å². The van der Waals surface area contributed by atoms with E-state index in [0.29, 0.717) is 6.67 Å². The van der Waals surface area contributed by atoms with Crippen LogP contribution < -0.4 is 10.2 Å². The van der Waals surface area contributed by atoms with Gasteiger partial charge in [-0.05, 0) is 24.6 Å². The van der Waals surface area contributed by atoms with Gasteiger partial charge in [0.1, 0.15) is 5.54 Å². The zero-order valence-corrected chi connectivity index (χ0v) is 15.5. The van der Waals surface area contributed by atoms with Crippen molar-refractivity contribution in [1.82, 2.24) is 15.1 Å². The van der Waals surface area contributed by atoms with Gasteiger partial charge in [-0.15, -0.1) is 0 Å². The van der Waals surface area contributed by atoms with Gasteiger partial charge in [0, 0.05) is 31.9 Å². The molecule has 2 heterocycles. The van der Waals surface area contributed by atoms with Crippen LogP contribution in [0.5, 0.6) is 0 Å². The van der Waals surface area contributed by atoms with Gasteiger partial charge in [-0.1, -0.05) is 48.5 Å². The lowest BCUT2D eigenvalue weighted by Gasteiger charge is -2.37. The first-order valence-electron chi connectivity index (χ1n) is 9.30. The molecule has 3 amide bonds. The molecule has 0 unspecified atom stereocenters. The predicted octanol–water partition coefficient (Wildman–Crippen LogP) is 2.23. The number of piperazine rings is 1. The molecule has 6 heteroatoms. The summed E-state index contributed by atoms with van der Waals surface area (Å²) in [6.07, 6.45) is 0. The molecule has 0 aromatic heterocycles. The van der Waals surface area contributed by atoms with Crippen LogP contribution in [0.1, 0.15) is 12.5 Å². The minimum atomic E-state index is -0.996. The zero-order chi connectivity index (χ0) is 18.9. The van der Waals surface area contributed by atoms with Crippen LogP contribution in [0.15, 0.2) is 60.7 Å². The quantitative estimate of drug-likeness (QED) is 0.846. The number of anilines is 1. The van der Waals surface area contributed by atoms with Crippen LogP contribution in [0.2, 0.25) is 0 Å². The van der Waals surface area contributed by atoms with Crippen molar-refractivity contribution in [2.75, 3.05) is 37.7 Å². The smallest absolute Gasteiger partial charge is 0.326 e. The molecule has 0 spiro atoms. The fraction of sp³-hybridized carbons (Fsp3) is 0.333. The molecule has 0 aliphatic carbocycles. The van der Waals surface area contributed by atoms with Gasteiger partial charge >= 0.3 is 6.03 Å². The average Bonchev–Trinajstić information content (AvgIpc) is 2.94. The molecule has 2 aliphatic rings. The third-order valence-corrected chi connectivity index (χ3v) is 5.46. The first kappa shape index (κ1) is 17.5. The molecule has 2 aliphatic heterocycles. The van der Waals surface area contributed by atoms with E-state index >= 15 is 0 Å². The second kappa shape index (κ2) is 7.04. The van der Waals surface area contributed by atoms with E-state index in [2.05, 4.69) is 27.2 Å². The average molecular weight is 364 g/mol. The third kappa shape index (κ3) is 3.28. The van der Waals surface area contributed by atoms with Gasteiger partial charge in [0.15, 0.2) is 0 Å². The predicted molar refractivity (Wildman–Crippen MR) is 104 cm³/mol. The standard InChI is InChI=1S/C21H24N4O2/c1-21(17-8-4-2-5-9-17)19(26)25(20(27)22-21)16-23-12-14-24(15-13-23)18-10-6-3-7-11-18/h2-11H,12-16H2,1H3,(H,22,27)/t21-/m1/s1. The molecule has 6 nitrogen and oxygen atoms in total. The summed E-state index contributed by atoms with van der Waals surface area (Å²) in [5.41, 5.74) is 1.02. The first-order chi connectivity index (χ1) is 13.1. The third-order valence-electron chi connectivity index (χ3n) is 5.46. The fourth-order valence-electron chi connectivity index (χ4n) is 3.78. The van der Waals surface area contributed by atoms with Crippen molar-refractivity contribution in [2.45, 2.75) is 12.5 Å². The summed E-state index contributed by atoms with van der Waals surface area (Å²) in [5.74, 6) is -0.191. The molecule has 0 radical (unpaired) electrons. The number of imide groups is 1.